The summed E-state index contributed by atoms with van der Waals surface area (Å²) >= 11 is 0. The van der Waals surface area contributed by atoms with Gasteiger partial charge in [0.15, 0.2) is 0 Å². The Hall–Kier alpha value is -2.33. The van der Waals surface area contributed by atoms with Crippen LogP contribution in [-0.4, -0.2) is 32.6 Å². The number of phenols is 1. The van der Waals surface area contributed by atoms with Crippen LogP contribution in [0.15, 0.2) is 54.9 Å². The van der Waals surface area contributed by atoms with Gasteiger partial charge in [-0.25, -0.2) is 4.98 Å². The lowest BCUT2D eigenvalue weighted by Crippen LogP contribution is -2.34. The summed E-state index contributed by atoms with van der Waals surface area (Å²) in [6.45, 7) is 3.34. The molecule has 1 fully saturated rings. The Bertz CT molecular complexity index is 840. The number of piperidine rings is 1. The summed E-state index contributed by atoms with van der Waals surface area (Å²) in [6, 6.07) is 16.6. The Balaban J connectivity index is 1.33. The van der Waals surface area contributed by atoms with Crippen LogP contribution in [0.5, 0.6) is 5.75 Å². The van der Waals surface area contributed by atoms with Crippen molar-refractivity contribution < 1.29 is 5.11 Å². The number of hydrogen-bond donors (Lipinski definition) is 1. The van der Waals surface area contributed by atoms with E-state index in [1.54, 1.807) is 0 Å². The first kappa shape index (κ1) is 17.1. The second-order valence-electron chi connectivity index (χ2n) is 7.27. The minimum Gasteiger partial charge on any atom is -0.508 e. The average Bonchev–Trinajstić information content (AvgIpc) is 3.09. The van der Waals surface area contributed by atoms with E-state index in [0.29, 0.717) is 11.8 Å². The van der Waals surface area contributed by atoms with E-state index in [9.17, 15) is 5.11 Å². The van der Waals surface area contributed by atoms with Crippen LogP contribution >= 0.6 is 0 Å². The van der Waals surface area contributed by atoms with Crippen molar-refractivity contribution in [2.75, 3.05) is 13.1 Å². The van der Waals surface area contributed by atoms with Crippen LogP contribution < -0.4 is 0 Å². The van der Waals surface area contributed by atoms with Crippen LogP contribution in [0.3, 0.4) is 0 Å². The van der Waals surface area contributed by atoms with Gasteiger partial charge in [-0.05, 0) is 68.6 Å². The zero-order valence-electron chi connectivity index (χ0n) is 15.2. The van der Waals surface area contributed by atoms with Gasteiger partial charge in [0.1, 0.15) is 5.75 Å². The molecule has 4 rings (SSSR count). The highest BCUT2D eigenvalue weighted by molar-refractivity contribution is 5.74. The molecule has 0 spiro atoms. The highest BCUT2D eigenvalue weighted by Crippen LogP contribution is 2.31. The van der Waals surface area contributed by atoms with E-state index in [0.717, 1.165) is 18.6 Å². The van der Waals surface area contributed by atoms with Crippen molar-refractivity contribution in [2.24, 2.45) is 0 Å². The topological polar surface area (TPSA) is 41.3 Å². The molecule has 4 nitrogen and oxygen atoms in total. The van der Waals surface area contributed by atoms with E-state index in [2.05, 4.69) is 44.8 Å². The Morgan fingerprint density at radius 1 is 0.962 bits per heavy atom. The molecule has 1 aliphatic rings. The Kier molecular flexibility index (Phi) is 5.21. The predicted molar refractivity (Wildman–Crippen MR) is 105 cm³/mol. The van der Waals surface area contributed by atoms with E-state index >= 15 is 0 Å². The fourth-order valence-electron chi connectivity index (χ4n) is 4.12. The Morgan fingerprint density at radius 2 is 1.77 bits per heavy atom. The molecule has 3 aromatic rings. The molecule has 0 amide bonds. The number of fused-ring (bicyclic) bond motifs is 1. The minimum absolute atomic E-state index is 0.351. The van der Waals surface area contributed by atoms with Crippen molar-refractivity contribution in [1.82, 2.24) is 14.5 Å². The van der Waals surface area contributed by atoms with Gasteiger partial charge in [-0.3, -0.25) is 4.90 Å². The number of hydrogen-bond acceptors (Lipinski definition) is 3. The molecule has 26 heavy (non-hydrogen) atoms. The number of para-hydroxylation sites is 2. The summed E-state index contributed by atoms with van der Waals surface area (Å²) in [7, 11) is 0. The lowest BCUT2D eigenvalue weighted by molar-refractivity contribution is 0.145. The zero-order chi connectivity index (χ0) is 17.8. The summed E-state index contributed by atoms with van der Waals surface area (Å²) in [4.78, 5) is 7.11. The third-order valence-electron chi connectivity index (χ3n) is 5.51. The number of rotatable bonds is 6. The van der Waals surface area contributed by atoms with Crippen LogP contribution in [0.25, 0.3) is 11.0 Å². The Labute approximate surface area is 155 Å². The predicted octanol–water partition coefficient (Wildman–Crippen LogP) is 4.75. The number of aryl methyl sites for hydroxylation is 1. The quantitative estimate of drug-likeness (QED) is 0.653. The number of aromatic nitrogens is 2. The molecule has 1 aromatic heterocycles. The van der Waals surface area contributed by atoms with Gasteiger partial charge < -0.3 is 9.67 Å². The first-order chi connectivity index (χ1) is 12.8. The van der Waals surface area contributed by atoms with Gasteiger partial charge in [-0.2, -0.15) is 0 Å². The van der Waals surface area contributed by atoms with Gasteiger partial charge in [0.05, 0.1) is 17.4 Å². The lowest BCUT2D eigenvalue weighted by Gasteiger charge is -2.36. The maximum Gasteiger partial charge on any atom is 0.115 e. The molecule has 1 aliphatic heterocycles. The first-order valence-electron chi connectivity index (χ1n) is 9.74. The third kappa shape index (κ3) is 3.75. The summed E-state index contributed by atoms with van der Waals surface area (Å²) < 4.78 is 2.27. The molecule has 0 radical (unpaired) electrons. The average molecular weight is 349 g/mol. The molecule has 0 saturated carbocycles. The zero-order valence-corrected chi connectivity index (χ0v) is 15.2. The molecular weight excluding hydrogens is 322 g/mol. The number of imidazole rings is 1. The van der Waals surface area contributed by atoms with Crippen LogP contribution in [0.1, 0.15) is 43.7 Å². The highest BCUT2D eigenvalue weighted by atomic mass is 16.3. The number of unbranched alkanes of at least 4 members (excludes halogenated alkanes) is 1. The van der Waals surface area contributed by atoms with Crippen molar-refractivity contribution in [2.45, 2.75) is 44.7 Å². The van der Waals surface area contributed by atoms with Gasteiger partial charge in [-0.1, -0.05) is 30.7 Å². The van der Waals surface area contributed by atoms with E-state index < -0.39 is 0 Å². The van der Waals surface area contributed by atoms with E-state index in [4.69, 9.17) is 0 Å². The van der Waals surface area contributed by atoms with Crippen LogP contribution in [0, 0.1) is 0 Å². The Morgan fingerprint density at radius 3 is 2.65 bits per heavy atom. The molecule has 136 valence electrons. The van der Waals surface area contributed by atoms with Crippen LogP contribution in [0.4, 0.5) is 0 Å². The molecular formula is C22H27N3O. The largest absolute Gasteiger partial charge is 0.508 e. The minimum atomic E-state index is 0.351. The number of aromatic hydroxyl groups is 1. The third-order valence-corrected chi connectivity index (χ3v) is 5.51. The number of phenolic OH excluding ortho intramolecular Hbond substituents is 1. The molecule has 1 unspecified atom stereocenters. The van der Waals surface area contributed by atoms with Crippen LogP contribution in [0.2, 0.25) is 0 Å². The van der Waals surface area contributed by atoms with Gasteiger partial charge in [0.25, 0.3) is 0 Å². The fraction of sp³-hybridized carbons (Fsp3) is 0.409. The van der Waals surface area contributed by atoms with Crippen molar-refractivity contribution in [3.8, 4) is 5.75 Å². The van der Waals surface area contributed by atoms with Crippen molar-refractivity contribution in [1.29, 1.82) is 0 Å². The van der Waals surface area contributed by atoms with Crippen molar-refractivity contribution >= 4 is 11.0 Å². The van der Waals surface area contributed by atoms with Gasteiger partial charge in [0.2, 0.25) is 0 Å². The van der Waals surface area contributed by atoms with Crippen LogP contribution in [-0.2, 0) is 6.54 Å². The van der Waals surface area contributed by atoms with Gasteiger partial charge in [-0.15, -0.1) is 0 Å². The second-order valence-corrected chi connectivity index (χ2v) is 7.27. The van der Waals surface area contributed by atoms with E-state index in [-0.39, 0.29) is 0 Å². The number of likely N-dealkylation sites (tertiary alicyclic amines) is 1. The number of benzene rings is 2. The molecule has 1 saturated heterocycles. The standard InChI is InChI=1S/C22H27N3O/c26-19-12-10-18(11-13-19)21-8-3-4-14-24(21)15-5-6-16-25-17-23-20-7-1-2-9-22(20)25/h1-2,7,9-13,17,21,26H,3-6,8,14-16H2. The lowest BCUT2D eigenvalue weighted by atomic mass is 9.95. The molecule has 0 bridgehead atoms. The molecule has 2 heterocycles. The van der Waals surface area contributed by atoms with E-state index in [1.165, 1.54) is 49.7 Å². The molecule has 1 N–H and O–H groups in total. The van der Waals surface area contributed by atoms with Gasteiger partial charge >= 0.3 is 0 Å². The summed E-state index contributed by atoms with van der Waals surface area (Å²) in [6.07, 6.45) is 8.13. The molecule has 4 heteroatoms. The van der Waals surface area contributed by atoms with Crippen molar-refractivity contribution in [3.05, 3.63) is 60.4 Å². The first-order valence-corrected chi connectivity index (χ1v) is 9.74. The summed E-state index contributed by atoms with van der Waals surface area (Å²) in [5, 5.41) is 9.54. The van der Waals surface area contributed by atoms with Gasteiger partial charge in [0, 0.05) is 12.6 Å². The SMILES string of the molecule is Oc1ccc(C2CCCCN2CCCCn2cnc3ccccc32)cc1. The maximum absolute atomic E-state index is 9.54. The van der Waals surface area contributed by atoms with E-state index in [1.807, 2.05) is 24.5 Å². The molecule has 0 aliphatic carbocycles. The molecule has 1 atom stereocenters. The highest BCUT2D eigenvalue weighted by Gasteiger charge is 2.23. The summed E-state index contributed by atoms with van der Waals surface area (Å²) in [5.74, 6) is 0.351. The smallest absolute Gasteiger partial charge is 0.115 e. The second kappa shape index (κ2) is 7.92. The monoisotopic (exact) mass is 349 g/mol. The van der Waals surface area contributed by atoms with Crippen molar-refractivity contribution in [3.63, 3.8) is 0 Å². The summed E-state index contributed by atoms with van der Waals surface area (Å²) in [5.41, 5.74) is 3.64. The maximum atomic E-state index is 9.54. The number of nitrogens with zero attached hydrogens (tertiary/aromatic N) is 3. The fourth-order valence-corrected chi connectivity index (χ4v) is 4.12. The normalized spacial score (nSPS) is 18.4. The molecule has 2 aromatic carbocycles.